The molecule has 1 aliphatic heterocycles. The maximum absolute atomic E-state index is 5.80. The molecule has 3 heteroatoms. The molecule has 1 fully saturated rings. The lowest BCUT2D eigenvalue weighted by molar-refractivity contribution is 0.312. The highest BCUT2D eigenvalue weighted by atomic mass is 79.9. The Kier molecular flexibility index (Phi) is 3.91. The monoisotopic (exact) mass is 296 g/mol. The van der Waals surface area contributed by atoms with E-state index >= 15 is 0 Å². The lowest BCUT2D eigenvalue weighted by atomic mass is 9.97. The van der Waals surface area contributed by atoms with Gasteiger partial charge in [-0.3, -0.25) is 4.90 Å². The number of hydrogen-bond acceptors (Lipinski definition) is 2. The molecule has 0 bridgehead atoms. The Morgan fingerprint density at radius 3 is 2.71 bits per heavy atom. The number of benzene rings is 1. The molecule has 0 radical (unpaired) electrons. The van der Waals surface area contributed by atoms with E-state index in [4.69, 9.17) is 5.73 Å². The smallest absolute Gasteiger partial charge is 0.0360 e. The van der Waals surface area contributed by atoms with Gasteiger partial charge in [0.2, 0.25) is 0 Å². The molecule has 2 unspecified atom stereocenters. The number of rotatable bonds is 2. The standard InChI is InChI=1S/C14H21BrN2/c1-9-4-10(2)14(15)12(5-9)13-6-11(7-16)8-17(13)3/h4-5,11,13H,6-8,16H2,1-3H3. The van der Waals surface area contributed by atoms with Crippen LogP contribution in [0, 0.1) is 19.8 Å². The van der Waals surface area contributed by atoms with Gasteiger partial charge in [0.15, 0.2) is 0 Å². The third-order valence-corrected chi connectivity index (χ3v) is 4.84. The van der Waals surface area contributed by atoms with E-state index in [-0.39, 0.29) is 0 Å². The van der Waals surface area contributed by atoms with Crippen molar-refractivity contribution in [1.82, 2.24) is 4.90 Å². The van der Waals surface area contributed by atoms with Crippen molar-refractivity contribution in [2.45, 2.75) is 26.3 Å². The Labute approximate surface area is 112 Å². The normalized spacial score (nSPS) is 25.5. The molecule has 2 nitrogen and oxygen atoms in total. The number of aryl methyl sites for hydroxylation is 2. The van der Waals surface area contributed by atoms with E-state index in [0.717, 1.165) is 13.1 Å². The first-order valence-electron chi connectivity index (χ1n) is 6.20. The molecule has 2 atom stereocenters. The second-order valence-electron chi connectivity index (χ2n) is 5.28. The molecule has 0 amide bonds. The Balaban J connectivity index is 2.34. The van der Waals surface area contributed by atoms with Crippen molar-refractivity contribution in [2.24, 2.45) is 11.7 Å². The summed E-state index contributed by atoms with van der Waals surface area (Å²) in [5, 5.41) is 0. The fourth-order valence-corrected chi connectivity index (χ4v) is 3.36. The van der Waals surface area contributed by atoms with E-state index in [1.165, 1.54) is 27.6 Å². The average molecular weight is 297 g/mol. The van der Waals surface area contributed by atoms with Crippen LogP contribution in [0.3, 0.4) is 0 Å². The van der Waals surface area contributed by atoms with Crippen LogP contribution >= 0.6 is 15.9 Å². The molecule has 0 saturated carbocycles. The molecule has 2 rings (SSSR count). The van der Waals surface area contributed by atoms with E-state index < -0.39 is 0 Å². The van der Waals surface area contributed by atoms with Gasteiger partial charge in [-0.1, -0.05) is 33.6 Å². The Morgan fingerprint density at radius 2 is 2.12 bits per heavy atom. The molecule has 1 saturated heterocycles. The van der Waals surface area contributed by atoms with Gasteiger partial charge in [0.25, 0.3) is 0 Å². The molecule has 0 aliphatic carbocycles. The van der Waals surface area contributed by atoms with Gasteiger partial charge in [0.1, 0.15) is 0 Å². The van der Waals surface area contributed by atoms with Gasteiger partial charge >= 0.3 is 0 Å². The number of nitrogens with two attached hydrogens (primary N) is 1. The van der Waals surface area contributed by atoms with Crippen molar-refractivity contribution in [3.05, 3.63) is 33.3 Å². The summed E-state index contributed by atoms with van der Waals surface area (Å²) < 4.78 is 1.26. The van der Waals surface area contributed by atoms with Crippen LogP contribution in [-0.2, 0) is 0 Å². The van der Waals surface area contributed by atoms with Crippen molar-refractivity contribution in [1.29, 1.82) is 0 Å². The number of nitrogens with zero attached hydrogens (tertiary/aromatic N) is 1. The van der Waals surface area contributed by atoms with Crippen LogP contribution in [0.4, 0.5) is 0 Å². The first kappa shape index (κ1) is 13.1. The lowest BCUT2D eigenvalue weighted by Gasteiger charge is -2.22. The number of hydrogen-bond donors (Lipinski definition) is 1. The summed E-state index contributed by atoms with van der Waals surface area (Å²) in [6, 6.07) is 5.04. The zero-order chi connectivity index (χ0) is 12.6. The molecule has 1 aromatic carbocycles. The van der Waals surface area contributed by atoms with Crippen LogP contribution in [0.25, 0.3) is 0 Å². The quantitative estimate of drug-likeness (QED) is 0.909. The Bertz CT molecular complexity index is 417. The molecular weight excluding hydrogens is 276 g/mol. The topological polar surface area (TPSA) is 29.3 Å². The summed E-state index contributed by atoms with van der Waals surface area (Å²) in [5.41, 5.74) is 9.88. The minimum absolute atomic E-state index is 0.511. The molecule has 94 valence electrons. The van der Waals surface area contributed by atoms with Crippen molar-refractivity contribution in [3.63, 3.8) is 0 Å². The lowest BCUT2D eigenvalue weighted by Crippen LogP contribution is -2.20. The van der Waals surface area contributed by atoms with E-state index in [1.807, 2.05) is 0 Å². The van der Waals surface area contributed by atoms with Crippen molar-refractivity contribution < 1.29 is 0 Å². The Hall–Kier alpha value is -0.380. The van der Waals surface area contributed by atoms with Crippen LogP contribution < -0.4 is 5.73 Å². The molecule has 1 aliphatic rings. The van der Waals surface area contributed by atoms with E-state index in [1.54, 1.807) is 0 Å². The molecule has 2 N–H and O–H groups in total. The van der Waals surface area contributed by atoms with Gasteiger partial charge < -0.3 is 5.73 Å². The fourth-order valence-electron chi connectivity index (χ4n) is 2.87. The van der Waals surface area contributed by atoms with Gasteiger partial charge in [-0.25, -0.2) is 0 Å². The first-order chi connectivity index (χ1) is 8.02. The number of likely N-dealkylation sites (tertiary alicyclic amines) is 1. The van der Waals surface area contributed by atoms with Gasteiger partial charge in [-0.2, -0.15) is 0 Å². The van der Waals surface area contributed by atoms with Gasteiger partial charge in [-0.05, 0) is 50.9 Å². The van der Waals surface area contributed by atoms with Crippen molar-refractivity contribution >= 4 is 15.9 Å². The van der Waals surface area contributed by atoms with E-state index in [0.29, 0.717) is 12.0 Å². The Morgan fingerprint density at radius 1 is 1.41 bits per heavy atom. The molecule has 1 heterocycles. The zero-order valence-corrected chi connectivity index (χ0v) is 12.4. The second kappa shape index (κ2) is 5.09. The fraction of sp³-hybridized carbons (Fsp3) is 0.571. The van der Waals surface area contributed by atoms with Crippen LogP contribution in [0.5, 0.6) is 0 Å². The van der Waals surface area contributed by atoms with Crippen LogP contribution in [0.15, 0.2) is 16.6 Å². The third-order valence-electron chi connectivity index (χ3n) is 3.75. The predicted molar refractivity (Wildman–Crippen MR) is 76.1 cm³/mol. The maximum Gasteiger partial charge on any atom is 0.0360 e. The van der Waals surface area contributed by atoms with Crippen molar-refractivity contribution in [3.8, 4) is 0 Å². The van der Waals surface area contributed by atoms with E-state index in [2.05, 4.69) is 53.9 Å². The summed E-state index contributed by atoms with van der Waals surface area (Å²) in [6.45, 7) is 6.23. The van der Waals surface area contributed by atoms with Crippen LogP contribution in [0.2, 0.25) is 0 Å². The predicted octanol–water partition coefficient (Wildman–Crippen LogP) is 3.02. The summed E-state index contributed by atoms with van der Waals surface area (Å²) in [4.78, 5) is 2.43. The van der Waals surface area contributed by atoms with Gasteiger partial charge in [0, 0.05) is 17.1 Å². The van der Waals surface area contributed by atoms with E-state index in [9.17, 15) is 0 Å². The number of halogens is 1. The maximum atomic E-state index is 5.80. The van der Waals surface area contributed by atoms with Crippen LogP contribution in [-0.4, -0.2) is 25.0 Å². The molecular formula is C14H21BrN2. The highest BCUT2D eigenvalue weighted by Crippen LogP contribution is 2.38. The van der Waals surface area contributed by atoms with Crippen LogP contribution in [0.1, 0.15) is 29.2 Å². The molecule has 0 spiro atoms. The molecule has 0 aromatic heterocycles. The molecule has 1 aromatic rings. The van der Waals surface area contributed by atoms with Gasteiger partial charge in [0.05, 0.1) is 0 Å². The average Bonchev–Trinajstić information content (AvgIpc) is 2.65. The second-order valence-corrected chi connectivity index (χ2v) is 6.07. The largest absolute Gasteiger partial charge is 0.330 e. The highest BCUT2D eigenvalue weighted by molar-refractivity contribution is 9.10. The SMILES string of the molecule is Cc1cc(C)c(Br)c(C2CC(CN)CN2C)c1. The summed E-state index contributed by atoms with van der Waals surface area (Å²) in [5.74, 6) is 0.637. The summed E-state index contributed by atoms with van der Waals surface area (Å²) in [7, 11) is 2.20. The first-order valence-corrected chi connectivity index (χ1v) is 6.99. The summed E-state index contributed by atoms with van der Waals surface area (Å²) in [6.07, 6.45) is 1.18. The zero-order valence-electron chi connectivity index (χ0n) is 10.8. The minimum atomic E-state index is 0.511. The summed E-state index contributed by atoms with van der Waals surface area (Å²) >= 11 is 3.74. The minimum Gasteiger partial charge on any atom is -0.330 e. The third kappa shape index (κ3) is 2.56. The van der Waals surface area contributed by atoms with Crippen molar-refractivity contribution in [2.75, 3.05) is 20.1 Å². The highest BCUT2D eigenvalue weighted by Gasteiger charge is 2.31. The molecule has 17 heavy (non-hydrogen) atoms. The van der Waals surface area contributed by atoms with Gasteiger partial charge in [-0.15, -0.1) is 0 Å².